The van der Waals surface area contributed by atoms with E-state index in [1.54, 1.807) is 7.11 Å². The molecule has 1 aliphatic heterocycles. The molecule has 40 heavy (non-hydrogen) atoms. The zero-order valence-electron chi connectivity index (χ0n) is 24.2. The van der Waals surface area contributed by atoms with Gasteiger partial charge in [0.2, 0.25) is 5.79 Å². The summed E-state index contributed by atoms with van der Waals surface area (Å²) in [7, 11) is 1.64. The van der Waals surface area contributed by atoms with Gasteiger partial charge in [-0.1, -0.05) is 18.8 Å². The van der Waals surface area contributed by atoms with Crippen molar-refractivity contribution in [1.82, 2.24) is 5.32 Å². The molecule has 2 aromatic rings. The van der Waals surface area contributed by atoms with Crippen molar-refractivity contribution >= 4 is 0 Å². The molecule has 1 saturated heterocycles. The maximum atomic E-state index is 6.24. The van der Waals surface area contributed by atoms with Gasteiger partial charge in [0.05, 0.1) is 13.2 Å². The second kappa shape index (κ2) is 11.7. The van der Waals surface area contributed by atoms with Gasteiger partial charge in [-0.05, 0) is 111 Å². The van der Waals surface area contributed by atoms with Crippen LogP contribution in [0.15, 0.2) is 42.5 Å². The Hall–Kier alpha value is -2.56. The third-order valence-electron chi connectivity index (χ3n) is 9.52. The van der Waals surface area contributed by atoms with Crippen molar-refractivity contribution in [2.45, 2.75) is 76.3 Å². The van der Waals surface area contributed by atoms with Gasteiger partial charge in [-0.25, -0.2) is 0 Å². The van der Waals surface area contributed by atoms with Gasteiger partial charge in [-0.3, -0.25) is 0 Å². The van der Waals surface area contributed by atoms with Crippen molar-refractivity contribution < 1.29 is 23.7 Å². The highest BCUT2D eigenvalue weighted by Crippen LogP contribution is 2.62. The van der Waals surface area contributed by atoms with Gasteiger partial charge < -0.3 is 29.0 Å². The zero-order chi connectivity index (χ0) is 27.6. The van der Waals surface area contributed by atoms with E-state index < -0.39 is 5.79 Å². The van der Waals surface area contributed by atoms with Crippen LogP contribution in [0.5, 0.6) is 11.5 Å². The Labute approximate surface area is 239 Å². The molecule has 4 saturated carbocycles. The number of ether oxygens (including phenoxy) is 5. The van der Waals surface area contributed by atoms with Crippen molar-refractivity contribution in [2.24, 2.45) is 17.8 Å². The van der Waals surface area contributed by atoms with E-state index in [2.05, 4.69) is 42.3 Å². The fraction of sp³-hybridized carbons (Fsp3) is 0.588. The average molecular weight is 546 g/mol. The molecule has 6 nitrogen and oxygen atoms in total. The Morgan fingerprint density at radius 2 is 1.65 bits per heavy atom. The summed E-state index contributed by atoms with van der Waals surface area (Å²) in [6, 6.07) is 14.5. The predicted molar refractivity (Wildman–Crippen MR) is 154 cm³/mol. The third kappa shape index (κ3) is 5.90. The number of hydrogen-bond acceptors (Lipinski definition) is 6. The minimum Gasteiger partial charge on any atom is -0.467 e. The second-order valence-electron chi connectivity index (χ2n) is 12.3. The molecule has 0 spiro atoms. The molecule has 0 amide bonds. The van der Waals surface area contributed by atoms with E-state index in [9.17, 15) is 0 Å². The van der Waals surface area contributed by atoms with Gasteiger partial charge in [0.15, 0.2) is 13.1 Å². The Bertz CT molecular complexity index is 1190. The molecule has 4 aliphatic carbocycles. The molecule has 0 radical (unpaired) electrons. The van der Waals surface area contributed by atoms with Gasteiger partial charge in [0, 0.05) is 36.8 Å². The summed E-state index contributed by atoms with van der Waals surface area (Å²) in [6.07, 6.45) is 8.50. The van der Waals surface area contributed by atoms with E-state index in [-0.39, 0.29) is 18.5 Å². The Balaban J connectivity index is 1.22. The van der Waals surface area contributed by atoms with Crippen LogP contribution in [-0.2, 0) is 19.6 Å². The van der Waals surface area contributed by atoms with Crippen LogP contribution in [0.2, 0.25) is 0 Å². The highest BCUT2D eigenvalue weighted by molar-refractivity contribution is 5.51. The van der Waals surface area contributed by atoms with Crippen LogP contribution >= 0.6 is 0 Å². The molecule has 2 aromatic carbocycles. The standard InChI is InChI=1S/C34H43NO5/c1-4-34(22-35-13-14-39-34)40-30-10-7-25(8-11-30)5-6-26-9-12-32(38-23-37-24(2)36-3)31(18-26)33-19-27-15-28(20-33)17-29(16-27)21-33/h7-12,18,24,27-29,35H,4,13-17,19-23H2,1-3H3. The van der Waals surface area contributed by atoms with E-state index in [0.29, 0.717) is 13.2 Å². The molecular weight excluding hydrogens is 502 g/mol. The van der Waals surface area contributed by atoms with Crippen molar-refractivity contribution in [3.05, 3.63) is 59.2 Å². The lowest BCUT2D eigenvalue weighted by molar-refractivity contribution is -0.196. The van der Waals surface area contributed by atoms with Crippen LogP contribution in [0.25, 0.3) is 0 Å². The summed E-state index contributed by atoms with van der Waals surface area (Å²) < 4.78 is 29.4. The van der Waals surface area contributed by atoms with Crippen molar-refractivity contribution in [2.75, 3.05) is 33.6 Å². The number of rotatable bonds is 9. The number of benzene rings is 2. The fourth-order valence-electron chi connectivity index (χ4n) is 7.82. The molecule has 2 atom stereocenters. The first kappa shape index (κ1) is 27.6. The molecule has 2 unspecified atom stereocenters. The molecule has 1 N–H and O–H groups in total. The van der Waals surface area contributed by atoms with Crippen molar-refractivity contribution in [3.8, 4) is 23.3 Å². The van der Waals surface area contributed by atoms with Crippen LogP contribution < -0.4 is 14.8 Å². The quantitative estimate of drug-likeness (QED) is 0.308. The Morgan fingerprint density at radius 1 is 0.975 bits per heavy atom. The Kier molecular flexibility index (Phi) is 8.10. The summed E-state index contributed by atoms with van der Waals surface area (Å²) in [6.45, 7) is 6.35. The first-order valence-corrected chi connectivity index (χ1v) is 15.1. The molecule has 214 valence electrons. The minimum absolute atomic E-state index is 0.175. The normalized spacial score (nSPS) is 31.3. The topological polar surface area (TPSA) is 58.2 Å². The van der Waals surface area contributed by atoms with Crippen LogP contribution in [-0.4, -0.2) is 45.7 Å². The number of hydrogen-bond donors (Lipinski definition) is 1. The first-order chi connectivity index (χ1) is 19.5. The Morgan fingerprint density at radius 3 is 2.27 bits per heavy atom. The minimum atomic E-state index is -0.602. The number of morpholine rings is 1. The van der Waals surface area contributed by atoms with Gasteiger partial charge in [0.1, 0.15) is 11.5 Å². The van der Waals surface area contributed by atoms with Gasteiger partial charge in [-0.2, -0.15) is 0 Å². The number of methoxy groups -OCH3 is 1. The average Bonchev–Trinajstić information content (AvgIpc) is 2.97. The summed E-state index contributed by atoms with van der Waals surface area (Å²) in [5, 5.41) is 3.37. The van der Waals surface area contributed by atoms with E-state index in [1.807, 2.05) is 31.2 Å². The molecule has 7 rings (SSSR count). The van der Waals surface area contributed by atoms with Crippen molar-refractivity contribution in [3.63, 3.8) is 0 Å². The van der Waals surface area contributed by atoms with Crippen molar-refractivity contribution in [1.29, 1.82) is 0 Å². The van der Waals surface area contributed by atoms with E-state index >= 15 is 0 Å². The predicted octanol–water partition coefficient (Wildman–Crippen LogP) is 6.00. The molecule has 5 fully saturated rings. The zero-order valence-corrected chi connectivity index (χ0v) is 24.2. The summed E-state index contributed by atoms with van der Waals surface area (Å²) in [5.74, 6) is 10.5. The maximum absolute atomic E-state index is 6.24. The molecular formula is C34H43NO5. The molecule has 1 heterocycles. The van der Waals surface area contributed by atoms with Crippen LogP contribution in [0.3, 0.4) is 0 Å². The highest BCUT2D eigenvalue weighted by Gasteiger charge is 2.52. The third-order valence-corrected chi connectivity index (χ3v) is 9.52. The fourth-order valence-corrected chi connectivity index (χ4v) is 7.82. The monoisotopic (exact) mass is 545 g/mol. The van der Waals surface area contributed by atoms with E-state index in [4.69, 9.17) is 23.7 Å². The van der Waals surface area contributed by atoms with Crippen LogP contribution in [0.4, 0.5) is 0 Å². The SMILES string of the molecule is CCC1(Oc2ccc(C#Cc3ccc(OCOC(C)OC)c(C45CC6CC(CC(C6)C4)C5)c3)cc2)CNCCO1. The lowest BCUT2D eigenvalue weighted by atomic mass is 9.48. The second-order valence-corrected chi connectivity index (χ2v) is 12.3. The van der Waals surface area contributed by atoms with E-state index in [0.717, 1.165) is 53.3 Å². The van der Waals surface area contributed by atoms with Gasteiger partial charge >= 0.3 is 0 Å². The molecule has 0 aromatic heterocycles. The summed E-state index contributed by atoms with van der Waals surface area (Å²) in [4.78, 5) is 0. The largest absolute Gasteiger partial charge is 0.467 e. The van der Waals surface area contributed by atoms with Gasteiger partial charge in [0.25, 0.3) is 0 Å². The van der Waals surface area contributed by atoms with Gasteiger partial charge in [-0.15, -0.1) is 0 Å². The highest BCUT2D eigenvalue weighted by atomic mass is 16.7. The smallest absolute Gasteiger partial charge is 0.222 e. The van der Waals surface area contributed by atoms with E-state index in [1.165, 1.54) is 44.1 Å². The van der Waals surface area contributed by atoms with Crippen LogP contribution in [0.1, 0.15) is 75.5 Å². The lowest BCUT2D eigenvalue weighted by Gasteiger charge is -2.57. The molecule has 5 aliphatic rings. The lowest BCUT2D eigenvalue weighted by Crippen LogP contribution is -2.53. The summed E-state index contributed by atoms with van der Waals surface area (Å²) >= 11 is 0. The van der Waals surface area contributed by atoms with Crippen LogP contribution in [0, 0.1) is 29.6 Å². The number of nitrogens with one attached hydrogen (secondary N) is 1. The summed E-state index contributed by atoms with van der Waals surface area (Å²) in [5.41, 5.74) is 3.50. The first-order valence-electron chi connectivity index (χ1n) is 15.1. The maximum Gasteiger partial charge on any atom is 0.222 e. The molecule has 6 heteroatoms. The molecule has 4 bridgehead atoms.